The second-order valence-corrected chi connectivity index (χ2v) is 5.06. The molecule has 0 aromatic heterocycles. The number of nitrogens with one attached hydrogen (secondary N) is 1. The minimum absolute atomic E-state index is 0.946. The maximum Gasteiger partial charge on any atom is 0.0185 e. The highest BCUT2D eigenvalue weighted by atomic mass is 32.2. The van der Waals surface area contributed by atoms with Crippen LogP contribution in [-0.4, -0.2) is 12.3 Å². The van der Waals surface area contributed by atoms with Crippen molar-refractivity contribution in [1.29, 1.82) is 0 Å². The first-order valence-electron chi connectivity index (χ1n) is 5.32. The molecule has 0 radical (unpaired) electrons. The number of fused-ring (bicyclic) bond motifs is 1. The Morgan fingerprint density at radius 3 is 2.69 bits per heavy atom. The normalized spacial score (nSPS) is 10.8. The molecule has 1 nitrogen and oxygen atoms in total. The maximum atomic E-state index is 3.97. The van der Waals surface area contributed by atoms with Crippen molar-refractivity contribution in [2.75, 3.05) is 12.3 Å². The average molecular weight is 249 g/mol. The van der Waals surface area contributed by atoms with Crippen molar-refractivity contribution in [3.8, 4) is 0 Å². The zero-order valence-corrected chi connectivity index (χ0v) is 10.7. The monoisotopic (exact) mass is 249 g/mol. The van der Waals surface area contributed by atoms with Gasteiger partial charge in [0.1, 0.15) is 0 Å². The fourth-order valence-corrected chi connectivity index (χ4v) is 2.71. The fourth-order valence-electron chi connectivity index (χ4n) is 1.64. The Bertz CT molecular complexity index is 456. The second kappa shape index (κ2) is 6.18. The van der Waals surface area contributed by atoms with E-state index in [1.807, 2.05) is 11.8 Å². The number of thioether (sulfide) groups is 1. The molecule has 0 saturated heterocycles. The van der Waals surface area contributed by atoms with E-state index in [4.69, 9.17) is 0 Å². The van der Waals surface area contributed by atoms with Crippen molar-refractivity contribution in [2.45, 2.75) is 5.75 Å². The highest BCUT2D eigenvalue weighted by molar-refractivity contribution is 7.98. The van der Waals surface area contributed by atoms with Gasteiger partial charge in [0.15, 0.2) is 0 Å². The quantitative estimate of drug-likeness (QED) is 0.621. The Kier molecular flexibility index (Phi) is 4.57. The smallest absolute Gasteiger partial charge is 0.0185 e. The van der Waals surface area contributed by atoms with Gasteiger partial charge in [0, 0.05) is 18.1 Å². The van der Waals surface area contributed by atoms with E-state index >= 15 is 0 Å². The first kappa shape index (κ1) is 11.8. The minimum atomic E-state index is 0.946. The summed E-state index contributed by atoms with van der Waals surface area (Å²) in [7, 11) is 0. The number of rotatable bonds is 5. The van der Waals surface area contributed by atoms with Gasteiger partial charge in [0.25, 0.3) is 0 Å². The van der Waals surface area contributed by atoms with E-state index in [2.05, 4.69) is 60.0 Å². The molecular formula is C13H15NS2. The molecule has 0 amide bonds. The second-order valence-electron chi connectivity index (χ2n) is 3.64. The molecule has 0 aliphatic carbocycles. The van der Waals surface area contributed by atoms with E-state index in [0.29, 0.717) is 0 Å². The van der Waals surface area contributed by atoms with Crippen molar-refractivity contribution in [1.82, 2.24) is 4.72 Å². The third-order valence-electron chi connectivity index (χ3n) is 2.44. The van der Waals surface area contributed by atoms with Crippen LogP contribution in [0.3, 0.4) is 0 Å². The lowest BCUT2D eigenvalue weighted by Crippen LogP contribution is -2.03. The summed E-state index contributed by atoms with van der Waals surface area (Å²) in [6, 6.07) is 15.2. The van der Waals surface area contributed by atoms with Crippen molar-refractivity contribution in [3.05, 3.63) is 48.0 Å². The van der Waals surface area contributed by atoms with Crippen LogP contribution in [0.5, 0.6) is 0 Å². The highest BCUT2D eigenvalue weighted by Gasteiger charge is 1.96. The third-order valence-corrected chi connectivity index (χ3v) is 3.69. The highest BCUT2D eigenvalue weighted by Crippen LogP contribution is 2.19. The van der Waals surface area contributed by atoms with E-state index < -0.39 is 0 Å². The lowest BCUT2D eigenvalue weighted by Gasteiger charge is -2.03. The summed E-state index contributed by atoms with van der Waals surface area (Å²) in [5, 5.41) is 2.64. The van der Waals surface area contributed by atoms with Crippen LogP contribution in [-0.2, 0) is 5.75 Å². The summed E-state index contributed by atoms with van der Waals surface area (Å²) in [5.74, 6) is 2.16. The summed E-state index contributed by atoms with van der Waals surface area (Å²) < 4.78 is 2.86. The fraction of sp³-hybridized carbons (Fsp3) is 0.231. The predicted molar refractivity (Wildman–Crippen MR) is 77.1 cm³/mol. The molecule has 0 fully saturated rings. The van der Waals surface area contributed by atoms with Crippen LogP contribution in [0.25, 0.3) is 10.8 Å². The first-order valence-corrected chi connectivity index (χ1v) is 6.93. The van der Waals surface area contributed by atoms with E-state index in [1.54, 1.807) is 0 Å². The van der Waals surface area contributed by atoms with Crippen LogP contribution in [0.2, 0.25) is 0 Å². The molecule has 0 aliphatic heterocycles. The van der Waals surface area contributed by atoms with Gasteiger partial charge < -0.3 is 0 Å². The Balaban J connectivity index is 2.02. The van der Waals surface area contributed by atoms with Crippen LogP contribution >= 0.6 is 24.6 Å². The van der Waals surface area contributed by atoms with Crippen LogP contribution < -0.4 is 4.72 Å². The summed E-state index contributed by atoms with van der Waals surface area (Å²) >= 11 is 5.89. The molecule has 0 saturated carbocycles. The maximum absolute atomic E-state index is 3.97. The molecule has 2 aromatic carbocycles. The molecule has 0 heterocycles. The van der Waals surface area contributed by atoms with Crippen molar-refractivity contribution >= 4 is 35.3 Å². The molecule has 0 spiro atoms. The molecular weight excluding hydrogens is 234 g/mol. The standard InChI is InChI=1S/C13H15NS2/c15-14-7-8-16-10-11-5-6-12-3-1-2-4-13(12)9-11/h1-6,9,14-15H,7-8,10H2. The number of thiol groups is 1. The minimum Gasteiger partial charge on any atom is -0.266 e. The topological polar surface area (TPSA) is 12.0 Å². The van der Waals surface area contributed by atoms with E-state index in [1.165, 1.54) is 16.3 Å². The molecule has 0 aliphatic rings. The molecule has 84 valence electrons. The summed E-state index contributed by atoms with van der Waals surface area (Å²) in [6.45, 7) is 0.946. The molecule has 1 N–H and O–H groups in total. The molecule has 0 bridgehead atoms. The SMILES string of the molecule is SNCCSCc1ccc2ccccc2c1. The Morgan fingerprint density at radius 2 is 1.88 bits per heavy atom. The van der Waals surface area contributed by atoms with Crippen molar-refractivity contribution in [3.63, 3.8) is 0 Å². The van der Waals surface area contributed by atoms with Gasteiger partial charge in [-0.2, -0.15) is 11.8 Å². The average Bonchev–Trinajstić information content (AvgIpc) is 2.34. The Hall–Kier alpha value is -0.640. The van der Waals surface area contributed by atoms with Gasteiger partial charge in [-0.05, 0) is 16.3 Å². The van der Waals surface area contributed by atoms with E-state index in [-0.39, 0.29) is 0 Å². The van der Waals surface area contributed by atoms with Crippen LogP contribution in [0, 0.1) is 0 Å². The van der Waals surface area contributed by atoms with E-state index in [0.717, 1.165) is 18.1 Å². The zero-order chi connectivity index (χ0) is 11.2. The lowest BCUT2D eigenvalue weighted by atomic mass is 10.1. The summed E-state index contributed by atoms with van der Waals surface area (Å²) in [4.78, 5) is 0. The zero-order valence-electron chi connectivity index (χ0n) is 9.02. The molecule has 0 unspecified atom stereocenters. The van der Waals surface area contributed by atoms with Crippen LogP contribution in [0.1, 0.15) is 5.56 Å². The Labute approximate surface area is 106 Å². The van der Waals surface area contributed by atoms with Crippen LogP contribution in [0.15, 0.2) is 42.5 Å². The van der Waals surface area contributed by atoms with Gasteiger partial charge in [-0.25, -0.2) is 0 Å². The number of hydrogen-bond donors (Lipinski definition) is 2. The predicted octanol–water partition coefficient (Wildman–Crippen LogP) is 3.51. The number of benzene rings is 2. The van der Waals surface area contributed by atoms with Gasteiger partial charge in [-0.3, -0.25) is 4.72 Å². The molecule has 0 atom stereocenters. The van der Waals surface area contributed by atoms with Gasteiger partial charge in [0.2, 0.25) is 0 Å². The number of hydrogen-bond acceptors (Lipinski definition) is 3. The van der Waals surface area contributed by atoms with E-state index in [9.17, 15) is 0 Å². The summed E-state index contributed by atoms with van der Waals surface area (Å²) in [6.07, 6.45) is 0. The van der Waals surface area contributed by atoms with Gasteiger partial charge >= 0.3 is 0 Å². The third kappa shape index (κ3) is 3.17. The van der Waals surface area contributed by atoms with Gasteiger partial charge in [-0.1, -0.05) is 55.3 Å². The van der Waals surface area contributed by atoms with Crippen molar-refractivity contribution < 1.29 is 0 Å². The Morgan fingerprint density at radius 1 is 1.06 bits per heavy atom. The molecule has 2 aromatic rings. The largest absolute Gasteiger partial charge is 0.266 e. The summed E-state index contributed by atoms with van der Waals surface area (Å²) in [5.41, 5.74) is 1.39. The van der Waals surface area contributed by atoms with Crippen molar-refractivity contribution in [2.24, 2.45) is 0 Å². The van der Waals surface area contributed by atoms with Gasteiger partial charge in [0.05, 0.1) is 0 Å². The molecule has 3 heteroatoms. The molecule has 2 rings (SSSR count). The van der Waals surface area contributed by atoms with Crippen LogP contribution in [0.4, 0.5) is 0 Å². The first-order chi connectivity index (χ1) is 7.90. The molecule has 16 heavy (non-hydrogen) atoms. The van der Waals surface area contributed by atoms with Gasteiger partial charge in [-0.15, -0.1) is 0 Å². The lowest BCUT2D eigenvalue weighted by molar-refractivity contribution is 1.06.